The average Bonchev–Trinajstić information content (AvgIpc) is 2.61. The molecule has 11 heteroatoms. The van der Waals surface area contributed by atoms with Gasteiger partial charge in [0.05, 0.1) is 31.2 Å². The molecule has 9 nitrogen and oxygen atoms in total. The Hall–Kier alpha value is -2.17. The van der Waals surface area contributed by atoms with Gasteiger partial charge < -0.3 is 14.8 Å². The maximum atomic E-state index is 13.0. The number of amides is 1. The van der Waals surface area contributed by atoms with E-state index in [1.807, 2.05) is 0 Å². The minimum Gasteiger partial charge on any atom is -0.469 e. The first-order valence-electron chi connectivity index (χ1n) is 7.46. The minimum atomic E-state index is -4.20. The summed E-state index contributed by atoms with van der Waals surface area (Å²) in [6, 6.07) is 2.33. The van der Waals surface area contributed by atoms with Crippen LogP contribution in [0.4, 0.5) is 0 Å². The Balaban J connectivity index is 2.42. The predicted octanol–water partition coefficient (Wildman–Crippen LogP) is 0.179. The molecule has 0 saturated carbocycles. The van der Waals surface area contributed by atoms with Gasteiger partial charge in [0.2, 0.25) is 15.9 Å². The van der Waals surface area contributed by atoms with Crippen molar-refractivity contribution in [3.63, 3.8) is 0 Å². The van der Waals surface area contributed by atoms with E-state index in [9.17, 15) is 22.8 Å². The van der Waals surface area contributed by atoms with E-state index < -0.39 is 40.3 Å². The van der Waals surface area contributed by atoms with Crippen molar-refractivity contribution in [3.8, 4) is 0 Å². The highest BCUT2D eigenvalue weighted by molar-refractivity contribution is 7.89. The summed E-state index contributed by atoms with van der Waals surface area (Å²) in [5.41, 5.74) is 0.0824. The standard InChI is InChI=1S/C15H17ClN2O7S/c1-24-13(19)8-11-14(20)17-5-6-18(11)26(22,23)12-4-3-9(7-10(12)16)15(21)25-2/h3-4,7,11H,5-6,8H2,1-2H3,(H,17,20). The monoisotopic (exact) mass is 404 g/mol. The molecule has 2 rings (SSSR count). The highest BCUT2D eigenvalue weighted by Gasteiger charge is 2.40. The first-order valence-corrected chi connectivity index (χ1v) is 9.28. The van der Waals surface area contributed by atoms with Crippen LogP contribution in [0.25, 0.3) is 0 Å². The zero-order chi connectivity index (χ0) is 19.5. The summed E-state index contributed by atoms with van der Waals surface area (Å²) in [4.78, 5) is 34.9. The van der Waals surface area contributed by atoms with Crippen molar-refractivity contribution >= 4 is 39.5 Å². The summed E-state index contributed by atoms with van der Waals surface area (Å²) in [5.74, 6) is -2.00. The molecule has 1 aliphatic rings. The quantitative estimate of drug-likeness (QED) is 0.695. The van der Waals surface area contributed by atoms with E-state index in [1.165, 1.54) is 19.2 Å². The third-order valence-electron chi connectivity index (χ3n) is 3.81. The number of benzene rings is 1. The number of nitrogens with zero attached hydrogens (tertiary/aromatic N) is 1. The van der Waals surface area contributed by atoms with Crippen molar-refractivity contribution in [2.75, 3.05) is 27.3 Å². The van der Waals surface area contributed by atoms with Gasteiger partial charge in [-0.3, -0.25) is 9.59 Å². The molecule has 1 fully saturated rings. The molecule has 1 amide bonds. The number of ether oxygens (including phenoxy) is 2. The molecule has 1 unspecified atom stereocenters. The highest BCUT2D eigenvalue weighted by Crippen LogP contribution is 2.28. The lowest BCUT2D eigenvalue weighted by atomic mass is 10.1. The van der Waals surface area contributed by atoms with Crippen molar-refractivity contribution in [1.29, 1.82) is 0 Å². The van der Waals surface area contributed by atoms with Crippen LogP contribution in [0, 0.1) is 0 Å². The topological polar surface area (TPSA) is 119 Å². The van der Waals surface area contributed by atoms with Crippen LogP contribution in [0.1, 0.15) is 16.8 Å². The van der Waals surface area contributed by atoms with Crippen LogP contribution >= 0.6 is 11.6 Å². The number of nitrogens with one attached hydrogen (secondary N) is 1. The Morgan fingerprint density at radius 1 is 1.31 bits per heavy atom. The minimum absolute atomic E-state index is 0.0369. The second-order valence-corrected chi connectivity index (χ2v) is 7.61. The maximum Gasteiger partial charge on any atom is 0.337 e. The number of carbonyl (C=O) groups excluding carboxylic acids is 3. The van der Waals surface area contributed by atoms with Gasteiger partial charge >= 0.3 is 11.9 Å². The molecular formula is C15H17ClN2O7S. The molecule has 0 radical (unpaired) electrons. The molecule has 0 spiro atoms. The summed E-state index contributed by atoms with van der Waals surface area (Å²) in [6.07, 6.45) is -0.431. The van der Waals surface area contributed by atoms with Gasteiger partial charge in [-0.05, 0) is 18.2 Å². The first-order chi connectivity index (χ1) is 12.2. The number of rotatable bonds is 5. The molecule has 1 aliphatic heterocycles. The maximum absolute atomic E-state index is 13.0. The zero-order valence-corrected chi connectivity index (χ0v) is 15.6. The fourth-order valence-corrected chi connectivity index (χ4v) is 4.61. The molecule has 26 heavy (non-hydrogen) atoms. The van der Waals surface area contributed by atoms with Gasteiger partial charge in [-0.2, -0.15) is 4.31 Å². The largest absolute Gasteiger partial charge is 0.469 e. The van der Waals surface area contributed by atoms with Gasteiger partial charge in [0.15, 0.2) is 0 Å². The summed E-state index contributed by atoms with van der Waals surface area (Å²) < 4.78 is 35.9. The number of hydrogen-bond acceptors (Lipinski definition) is 7. The van der Waals surface area contributed by atoms with Crippen molar-refractivity contribution < 1.29 is 32.3 Å². The Kier molecular flexibility index (Phi) is 6.21. The van der Waals surface area contributed by atoms with Gasteiger partial charge in [-0.1, -0.05) is 11.6 Å². The summed E-state index contributed by atoms with van der Waals surface area (Å²) in [7, 11) is -1.87. The number of esters is 2. The summed E-state index contributed by atoms with van der Waals surface area (Å²) in [5, 5.41) is 2.32. The van der Waals surface area contributed by atoms with E-state index in [2.05, 4.69) is 14.8 Å². The Morgan fingerprint density at radius 3 is 2.58 bits per heavy atom. The Bertz CT molecular complexity index is 840. The number of sulfonamides is 1. The molecule has 1 heterocycles. The van der Waals surface area contributed by atoms with Gasteiger partial charge in [0.1, 0.15) is 10.9 Å². The van der Waals surface area contributed by atoms with Crippen LogP contribution < -0.4 is 5.32 Å². The van der Waals surface area contributed by atoms with Crippen molar-refractivity contribution in [3.05, 3.63) is 28.8 Å². The van der Waals surface area contributed by atoms with E-state index in [1.54, 1.807) is 0 Å². The highest BCUT2D eigenvalue weighted by atomic mass is 35.5. The molecule has 1 aromatic rings. The first kappa shape index (κ1) is 20.1. The Labute approximate surface area is 155 Å². The molecule has 0 bridgehead atoms. The fraction of sp³-hybridized carbons (Fsp3) is 0.400. The van der Waals surface area contributed by atoms with Crippen molar-refractivity contribution in [1.82, 2.24) is 9.62 Å². The molecule has 0 aromatic heterocycles. The number of piperazine rings is 1. The molecule has 1 N–H and O–H groups in total. The van der Waals surface area contributed by atoms with Gasteiger partial charge in [0, 0.05) is 13.1 Å². The van der Waals surface area contributed by atoms with E-state index in [-0.39, 0.29) is 28.6 Å². The number of halogens is 1. The van der Waals surface area contributed by atoms with Crippen molar-refractivity contribution in [2.24, 2.45) is 0 Å². The van der Waals surface area contributed by atoms with Crippen LogP contribution in [0.15, 0.2) is 23.1 Å². The van der Waals surface area contributed by atoms with Crippen LogP contribution in [-0.2, 0) is 29.1 Å². The van der Waals surface area contributed by atoms with Gasteiger partial charge in [-0.15, -0.1) is 0 Å². The van der Waals surface area contributed by atoms with E-state index >= 15 is 0 Å². The molecule has 1 aromatic carbocycles. The molecule has 142 valence electrons. The zero-order valence-electron chi connectivity index (χ0n) is 14.0. The average molecular weight is 405 g/mol. The summed E-state index contributed by atoms with van der Waals surface area (Å²) in [6.45, 7) is 0.0540. The third-order valence-corrected chi connectivity index (χ3v) is 6.20. The lowest BCUT2D eigenvalue weighted by molar-refractivity contribution is -0.144. The molecular weight excluding hydrogens is 388 g/mol. The normalized spacial score (nSPS) is 18.1. The van der Waals surface area contributed by atoms with Crippen molar-refractivity contribution in [2.45, 2.75) is 17.4 Å². The SMILES string of the molecule is COC(=O)CC1C(=O)NCCN1S(=O)(=O)c1ccc(C(=O)OC)cc1Cl. The van der Waals surface area contributed by atoms with Crippen LogP contribution in [0.5, 0.6) is 0 Å². The number of carbonyl (C=O) groups is 3. The fourth-order valence-electron chi connectivity index (χ4n) is 2.50. The van der Waals surface area contributed by atoms with Gasteiger partial charge in [0.25, 0.3) is 0 Å². The second-order valence-electron chi connectivity index (χ2n) is 5.34. The van der Waals surface area contributed by atoms with Crippen LogP contribution in [0.3, 0.4) is 0 Å². The molecule has 1 saturated heterocycles. The van der Waals surface area contributed by atoms with E-state index in [0.29, 0.717) is 0 Å². The summed E-state index contributed by atoms with van der Waals surface area (Å²) >= 11 is 6.05. The van der Waals surface area contributed by atoms with Crippen LogP contribution in [0.2, 0.25) is 5.02 Å². The van der Waals surface area contributed by atoms with E-state index in [4.69, 9.17) is 11.6 Å². The molecule has 0 aliphatic carbocycles. The second kappa shape index (κ2) is 8.02. The lowest BCUT2D eigenvalue weighted by Crippen LogP contribution is -2.57. The smallest absolute Gasteiger partial charge is 0.337 e. The van der Waals surface area contributed by atoms with Crippen LogP contribution in [-0.4, -0.2) is 63.9 Å². The number of hydrogen-bond donors (Lipinski definition) is 1. The predicted molar refractivity (Wildman–Crippen MR) is 90.1 cm³/mol. The third kappa shape index (κ3) is 3.97. The molecule has 1 atom stereocenters. The van der Waals surface area contributed by atoms with E-state index in [0.717, 1.165) is 17.5 Å². The lowest BCUT2D eigenvalue weighted by Gasteiger charge is -2.33. The Morgan fingerprint density at radius 2 is 2.00 bits per heavy atom. The van der Waals surface area contributed by atoms with Gasteiger partial charge in [-0.25, -0.2) is 13.2 Å². The number of methoxy groups -OCH3 is 2.